The lowest BCUT2D eigenvalue weighted by Gasteiger charge is -2.44. The van der Waals surface area contributed by atoms with Gasteiger partial charge in [-0.3, -0.25) is 4.79 Å². The molecule has 5 nitrogen and oxygen atoms in total. The van der Waals surface area contributed by atoms with Gasteiger partial charge in [0.05, 0.1) is 23.2 Å². The van der Waals surface area contributed by atoms with Crippen molar-refractivity contribution < 1.29 is 14.3 Å². The smallest absolute Gasteiger partial charge is 0.255 e. The number of nitrogens with zero attached hydrogens (tertiary/aromatic N) is 2. The average molecular weight is 407 g/mol. The summed E-state index contributed by atoms with van der Waals surface area (Å²) < 4.78 is 11.4. The van der Waals surface area contributed by atoms with Crippen LogP contribution in [0.5, 0.6) is 5.75 Å². The third-order valence-electron chi connectivity index (χ3n) is 6.45. The van der Waals surface area contributed by atoms with Crippen molar-refractivity contribution in [3.8, 4) is 5.75 Å². The number of carbonyl (C=O) groups excluding carboxylic acids is 1. The molecule has 1 aliphatic carbocycles. The summed E-state index contributed by atoms with van der Waals surface area (Å²) in [5.74, 6) is 0.753. The summed E-state index contributed by atoms with van der Waals surface area (Å²) >= 11 is 6.46. The molecule has 28 heavy (non-hydrogen) atoms. The topological polar surface area (TPSA) is 42.0 Å². The van der Waals surface area contributed by atoms with E-state index in [9.17, 15) is 4.79 Å². The summed E-state index contributed by atoms with van der Waals surface area (Å²) in [5.41, 5.74) is 0.553. The lowest BCUT2D eigenvalue weighted by atomic mass is 9.86. The van der Waals surface area contributed by atoms with E-state index >= 15 is 0 Å². The molecular formula is C22H31ClN2O3. The number of hydrogen-bond acceptors (Lipinski definition) is 4. The predicted octanol–water partition coefficient (Wildman–Crippen LogP) is 3.99. The zero-order valence-electron chi connectivity index (χ0n) is 16.7. The van der Waals surface area contributed by atoms with E-state index in [0.29, 0.717) is 23.2 Å². The second-order valence-electron chi connectivity index (χ2n) is 8.35. The average Bonchev–Trinajstić information content (AvgIpc) is 3.13. The summed E-state index contributed by atoms with van der Waals surface area (Å²) in [4.78, 5) is 17.4. The summed E-state index contributed by atoms with van der Waals surface area (Å²) in [6.45, 7) is 3.81. The molecule has 3 aliphatic rings. The molecule has 1 aromatic rings. The Morgan fingerprint density at radius 2 is 1.93 bits per heavy atom. The molecule has 2 aliphatic heterocycles. The number of piperidine rings is 1. The van der Waals surface area contributed by atoms with Crippen molar-refractivity contribution >= 4 is 17.5 Å². The maximum atomic E-state index is 12.9. The van der Waals surface area contributed by atoms with Crippen LogP contribution in [-0.4, -0.2) is 67.2 Å². The molecule has 2 heterocycles. The van der Waals surface area contributed by atoms with Crippen molar-refractivity contribution in [3.63, 3.8) is 0 Å². The van der Waals surface area contributed by atoms with E-state index < -0.39 is 0 Å². The first-order valence-electron chi connectivity index (χ1n) is 10.7. The fourth-order valence-electron chi connectivity index (χ4n) is 4.77. The monoisotopic (exact) mass is 406 g/mol. The van der Waals surface area contributed by atoms with Crippen LogP contribution in [0.15, 0.2) is 18.2 Å². The third kappa shape index (κ3) is 4.32. The van der Waals surface area contributed by atoms with Gasteiger partial charge in [0.25, 0.3) is 5.91 Å². The van der Waals surface area contributed by atoms with Crippen LogP contribution in [0.25, 0.3) is 0 Å². The number of ether oxygens (including phenoxy) is 2. The molecule has 4 rings (SSSR count). The molecule has 0 bridgehead atoms. The van der Waals surface area contributed by atoms with Gasteiger partial charge >= 0.3 is 0 Å². The first-order valence-corrected chi connectivity index (χ1v) is 11.0. The molecule has 0 spiro atoms. The van der Waals surface area contributed by atoms with Gasteiger partial charge in [-0.05, 0) is 57.0 Å². The van der Waals surface area contributed by atoms with Crippen LogP contribution < -0.4 is 4.74 Å². The first-order chi connectivity index (χ1) is 13.7. The van der Waals surface area contributed by atoms with Gasteiger partial charge in [-0.1, -0.05) is 18.0 Å². The molecular weight excluding hydrogens is 376 g/mol. The SMILES string of the molecule is COCC1CCCN1C(=O)c1ccc(OC2CC(N3CCCCC3)C2)cc1Cl. The number of amides is 1. The molecule has 0 radical (unpaired) electrons. The minimum absolute atomic E-state index is 0.00935. The van der Waals surface area contributed by atoms with Crippen LogP contribution in [0, 0.1) is 0 Å². The summed E-state index contributed by atoms with van der Waals surface area (Å²) in [7, 11) is 1.68. The second kappa shape index (κ2) is 9.02. The lowest BCUT2D eigenvalue weighted by molar-refractivity contribution is 0.00892. The first kappa shape index (κ1) is 20.0. The van der Waals surface area contributed by atoms with Crippen molar-refractivity contribution in [2.45, 2.75) is 63.1 Å². The van der Waals surface area contributed by atoms with E-state index in [2.05, 4.69) is 4.90 Å². The standard InChI is InChI=1S/C22H31ClN2O3/c1-27-15-16-6-5-11-25(16)22(26)20-8-7-18(14-21(20)23)28-19-12-17(13-19)24-9-3-2-4-10-24/h7-8,14,16-17,19H,2-6,9-13,15H2,1H3. The zero-order chi connectivity index (χ0) is 19.5. The molecule has 1 aromatic carbocycles. The minimum atomic E-state index is -0.00935. The van der Waals surface area contributed by atoms with Crippen LogP contribution in [0.3, 0.4) is 0 Å². The largest absolute Gasteiger partial charge is 0.490 e. The Morgan fingerprint density at radius 3 is 2.64 bits per heavy atom. The van der Waals surface area contributed by atoms with Crippen molar-refractivity contribution in [3.05, 3.63) is 28.8 Å². The van der Waals surface area contributed by atoms with Crippen LogP contribution in [0.1, 0.15) is 55.3 Å². The number of methoxy groups -OCH3 is 1. The van der Waals surface area contributed by atoms with Crippen molar-refractivity contribution in [1.82, 2.24) is 9.80 Å². The van der Waals surface area contributed by atoms with Gasteiger partial charge in [0.15, 0.2) is 0 Å². The second-order valence-corrected chi connectivity index (χ2v) is 8.76. The fourth-order valence-corrected chi connectivity index (χ4v) is 5.03. The highest BCUT2D eigenvalue weighted by Gasteiger charge is 2.36. The van der Waals surface area contributed by atoms with E-state index in [1.807, 2.05) is 17.0 Å². The predicted molar refractivity (Wildman–Crippen MR) is 110 cm³/mol. The number of halogens is 1. The summed E-state index contributed by atoms with van der Waals surface area (Å²) in [6.07, 6.45) is 8.46. The van der Waals surface area contributed by atoms with Crippen molar-refractivity contribution in [1.29, 1.82) is 0 Å². The van der Waals surface area contributed by atoms with E-state index in [1.165, 1.54) is 32.4 Å². The molecule has 6 heteroatoms. The zero-order valence-corrected chi connectivity index (χ0v) is 17.5. The Labute approximate surface area is 172 Å². The van der Waals surface area contributed by atoms with Gasteiger partial charge < -0.3 is 19.3 Å². The molecule has 1 unspecified atom stereocenters. The van der Waals surface area contributed by atoms with E-state index in [1.54, 1.807) is 13.2 Å². The summed E-state index contributed by atoms with van der Waals surface area (Å²) in [5, 5.41) is 0.470. The van der Waals surface area contributed by atoms with E-state index in [0.717, 1.165) is 38.0 Å². The highest BCUT2D eigenvalue weighted by Crippen LogP contribution is 2.33. The van der Waals surface area contributed by atoms with Crippen LogP contribution >= 0.6 is 11.6 Å². The number of likely N-dealkylation sites (tertiary alicyclic amines) is 2. The molecule has 1 saturated carbocycles. The van der Waals surface area contributed by atoms with Gasteiger partial charge in [0.2, 0.25) is 0 Å². The van der Waals surface area contributed by atoms with E-state index in [4.69, 9.17) is 21.1 Å². The molecule has 154 valence electrons. The highest BCUT2D eigenvalue weighted by molar-refractivity contribution is 6.34. The normalized spacial score (nSPS) is 28.2. The third-order valence-corrected chi connectivity index (χ3v) is 6.76. The fraction of sp³-hybridized carbons (Fsp3) is 0.682. The molecule has 2 saturated heterocycles. The maximum Gasteiger partial charge on any atom is 0.255 e. The Kier molecular flexibility index (Phi) is 6.44. The van der Waals surface area contributed by atoms with Crippen LogP contribution in [0.2, 0.25) is 5.02 Å². The number of hydrogen-bond donors (Lipinski definition) is 0. The van der Waals surface area contributed by atoms with Gasteiger partial charge in [-0.25, -0.2) is 0 Å². The van der Waals surface area contributed by atoms with Crippen LogP contribution in [-0.2, 0) is 4.74 Å². The molecule has 1 atom stereocenters. The lowest BCUT2D eigenvalue weighted by Crippen LogP contribution is -2.50. The number of rotatable bonds is 6. The van der Waals surface area contributed by atoms with Crippen molar-refractivity contribution in [2.75, 3.05) is 33.4 Å². The van der Waals surface area contributed by atoms with Gasteiger partial charge in [-0.15, -0.1) is 0 Å². The van der Waals surface area contributed by atoms with Gasteiger partial charge in [0, 0.05) is 32.5 Å². The van der Waals surface area contributed by atoms with Gasteiger partial charge in [0.1, 0.15) is 11.9 Å². The Hall–Kier alpha value is -1.30. The minimum Gasteiger partial charge on any atom is -0.490 e. The quantitative estimate of drug-likeness (QED) is 0.716. The molecule has 0 aromatic heterocycles. The number of carbonyl (C=O) groups is 1. The molecule has 1 amide bonds. The van der Waals surface area contributed by atoms with Gasteiger partial charge in [-0.2, -0.15) is 0 Å². The maximum absolute atomic E-state index is 12.9. The molecule has 0 N–H and O–H groups in total. The van der Waals surface area contributed by atoms with Crippen LogP contribution in [0.4, 0.5) is 0 Å². The number of benzene rings is 1. The highest BCUT2D eigenvalue weighted by atomic mass is 35.5. The Balaban J connectivity index is 1.33. The Bertz CT molecular complexity index is 686. The molecule has 3 fully saturated rings. The summed E-state index contributed by atoms with van der Waals surface area (Å²) in [6, 6.07) is 6.31. The van der Waals surface area contributed by atoms with Crippen molar-refractivity contribution in [2.24, 2.45) is 0 Å². The Morgan fingerprint density at radius 1 is 1.14 bits per heavy atom. The van der Waals surface area contributed by atoms with E-state index in [-0.39, 0.29) is 18.1 Å².